The Balaban J connectivity index is 1.88. The van der Waals surface area contributed by atoms with E-state index in [1.807, 2.05) is 4.90 Å². The second kappa shape index (κ2) is 4.94. The van der Waals surface area contributed by atoms with Gasteiger partial charge < -0.3 is 10.2 Å². The molecule has 2 aliphatic rings. The smallest absolute Gasteiger partial charge is 0.313 e. The Labute approximate surface area is 115 Å². The first-order chi connectivity index (χ1) is 9.15. The van der Waals surface area contributed by atoms with Crippen molar-refractivity contribution in [1.82, 2.24) is 10.3 Å². The van der Waals surface area contributed by atoms with Gasteiger partial charge in [0.05, 0.1) is 9.95 Å². The van der Waals surface area contributed by atoms with Crippen LogP contribution in [-0.4, -0.2) is 35.6 Å². The minimum atomic E-state index is -0.413. The second-order valence-corrected chi connectivity index (χ2v) is 5.56. The van der Waals surface area contributed by atoms with E-state index in [0.29, 0.717) is 22.8 Å². The molecule has 0 radical (unpaired) electrons. The van der Waals surface area contributed by atoms with Crippen LogP contribution in [0, 0.1) is 16.0 Å². The molecule has 0 aliphatic carbocycles. The van der Waals surface area contributed by atoms with E-state index in [-0.39, 0.29) is 5.69 Å². The molecule has 0 saturated carbocycles. The van der Waals surface area contributed by atoms with Crippen molar-refractivity contribution >= 4 is 23.1 Å². The highest BCUT2D eigenvalue weighted by Crippen LogP contribution is 2.34. The lowest BCUT2D eigenvalue weighted by atomic mass is 9.94. The van der Waals surface area contributed by atoms with Gasteiger partial charge in [0, 0.05) is 31.4 Å². The normalized spacial score (nSPS) is 26.3. The number of nitrogens with one attached hydrogen (secondary N) is 1. The van der Waals surface area contributed by atoms with Gasteiger partial charge in [0.25, 0.3) is 0 Å². The molecule has 2 fully saturated rings. The average Bonchev–Trinajstić information content (AvgIpc) is 2.82. The lowest BCUT2D eigenvalue weighted by molar-refractivity contribution is -0.384. The van der Waals surface area contributed by atoms with Gasteiger partial charge in [-0.05, 0) is 25.3 Å². The van der Waals surface area contributed by atoms with E-state index < -0.39 is 4.92 Å². The topological polar surface area (TPSA) is 71.3 Å². The number of nitro groups is 1. The molecule has 2 saturated heterocycles. The molecule has 0 bridgehead atoms. The van der Waals surface area contributed by atoms with E-state index in [9.17, 15) is 10.1 Å². The molecule has 3 rings (SSSR count). The van der Waals surface area contributed by atoms with Gasteiger partial charge in [0.2, 0.25) is 5.82 Å². The Bertz CT molecular complexity index is 497. The third kappa shape index (κ3) is 2.37. The Morgan fingerprint density at radius 1 is 1.53 bits per heavy atom. The minimum Gasteiger partial charge on any atom is -0.349 e. The summed E-state index contributed by atoms with van der Waals surface area (Å²) in [5, 5.41) is 14.9. The summed E-state index contributed by atoms with van der Waals surface area (Å²) in [5.41, 5.74) is -0.00820. The number of halogens is 1. The molecule has 2 unspecified atom stereocenters. The third-order valence-electron chi connectivity index (χ3n) is 3.91. The van der Waals surface area contributed by atoms with Gasteiger partial charge in [-0.3, -0.25) is 10.1 Å². The summed E-state index contributed by atoms with van der Waals surface area (Å²) in [6.07, 6.45) is 3.82. The van der Waals surface area contributed by atoms with E-state index in [1.54, 1.807) is 0 Å². The molecule has 1 N–H and O–H groups in total. The fraction of sp³-hybridized carbons (Fsp3) is 0.583. The van der Waals surface area contributed by atoms with Gasteiger partial charge >= 0.3 is 5.69 Å². The molecule has 102 valence electrons. The van der Waals surface area contributed by atoms with E-state index in [4.69, 9.17) is 11.6 Å². The zero-order chi connectivity index (χ0) is 13.4. The first-order valence-electron chi connectivity index (χ1n) is 6.43. The van der Waals surface area contributed by atoms with Crippen molar-refractivity contribution in [1.29, 1.82) is 0 Å². The van der Waals surface area contributed by atoms with E-state index in [1.165, 1.54) is 25.1 Å². The Hall–Kier alpha value is -1.40. The molecular weight excluding hydrogens is 268 g/mol. The van der Waals surface area contributed by atoms with Crippen LogP contribution in [0.3, 0.4) is 0 Å². The van der Waals surface area contributed by atoms with Crippen molar-refractivity contribution in [2.24, 2.45) is 5.92 Å². The molecule has 1 aromatic heterocycles. The summed E-state index contributed by atoms with van der Waals surface area (Å²) in [7, 11) is 0. The van der Waals surface area contributed by atoms with Crippen molar-refractivity contribution in [3.8, 4) is 0 Å². The molecule has 2 aliphatic heterocycles. The maximum Gasteiger partial charge on any atom is 0.313 e. The summed E-state index contributed by atoms with van der Waals surface area (Å²) in [6.45, 7) is 2.64. The maximum absolute atomic E-state index is 11.1. The number of rotatable bonds is 2. The predicted octanol–water partition coefficient (Wildman–Crippen LogP) is 1.83. The highest BCUT2D eigenvalue weighted by Gasteiger charge is 2.37. The quantitative estimate of drug-likeness (QED) is 0.662. The van der Waals surface area contributed by atoms with Crippen LogP contribution in [0.2, 0.25) is 5.02 Å². The first kappa shape index (κ1) is 12.6. The van der Waals surface area contributed by atoms with Crippen LogP contribution in [0.5, 0.6) is 0 Å². The summed E-state index contributed by atoms with van der Waals surface area (Å²) < 4.78 is 0. The van der Waals surface area contributed by atoms with Crippen molar-refractivity contribution in [2.75, 3.05) is 24.5 Å². The number of hydrogen-bond acceptors (Lipinski definition) is 5. The van der Waals surface area contributed by atoms with Gasteiger partial charge in [-0.15, -0.1) is 0 Å². The minimum absolute atomic E-state index is 0.00820. The number of pyridine rings is 1. The molecule has 3 heterocycles. The number of aromatic nitrogens is 1. The third-order valence-corrected chi connectivity index (χ3v) is 4.12. The maximum atomic E-state index is 11.1. The fourth-order valence-corrected chi connectivity index (χ4v) is 3.17. The van der Waals surface area contributed by atoms with Crippen LogP contribution in [0.1, 0.15) is 12.8 Å². The lowest BCUT2D eigenvalue weighted by Crippen LogP contribution is -2.40. The Kier molecular flexibility index (Phi) is 3.28. The highest BCUT2D eigenvalue weighted by atomic mass is 35.5. The molecule has 19 heavy (non-hydrogen) atoms. The lowest BCUT2D eigenvalue weighted by Gasteiger charge is -2.24. The largest absolute Gasteiger partial charge is 0.349 e. The number of fused-ring (bicyclic) bond motifs is 1. The number of hydrogen-bond donors (Lipinski definition) is 1. The molecule has 0 aromatic carbocycles. The van der Waals surface area contributed by atoms with Crippen molar-refractivity contribution in [3.05, 3.63) is 27.4 Å². The summed E-state index contributed by atoms with van der Waals surface area (Å²) in [6, 6.07) is 1.80. The molecule has 6 nitrogen and oxygen atoms in total. The van der Waals surface area contributed by atoms with Crippen LogP contribution in [0.15, 0.2) is 12.3 Å². The van der Waals surface area contributed by atoms with Gasteiger partial charge in [-0.1, -0.05) is 11.6 Å². The highest BCUT2D eigenvalue weighted by molar-refractivity contribution is 6.30. The molecule has 2 atom stereocenters. The average molecular weight is 283 g/mol. The van der Waals surface area contributed by atoms with E-state index in [0.717, 1.165) is 19.6 Å². The van der Waals surface area contributed by atoms with Gasteiger partial charge in [-0.25, -0.2) is 4.98 Å². The van der Waals surface area contributed by atoms with Crippen LogP contribution >= 0.6 is 11.6 Å². The van der Waals surface area contributed by atoms with Crippen molar-refractivity contribution < 1.29 is 4.92 Å². The van der Waals surface area contributed by atoms with Gasteiger partial charge in [0.15, 0.2) is 0 Å². The Morgan fingerprint density at radius 3 is 3.11 bits per heavy atom. The summed E-state index contributed by atoms with van der Waals surface area (Å²) in [5.74, 6) is 0.997. The number of anilines is 1. The van der Waals surface area contributed by atoms with Crippen LogP contribution in [0.25, 0.3) is 0 Å². The zero-order valence-electron chi connectivity index (χ0n) is 10.4. The zero-order valence-corrected chi connectivity index (χ0v) is 11.1. The van der Waals surface area contributed by atoms with Crippen molar-refractivity contribution in [2.45, 2.75) is 18.9 Å². The van der Waals surface area contributed by atoms with E-state index in [2.05, 4.69) is 10.3 Å². The monoisotopic (exact) mass is 282 g/mol. The van der Waals surface area contributed by atoms with Gasteiger partial charge in [0.1, 0.15) is 0 Å². The van der Waals surface area contributed by atoms with Crippen LogP contribution < -0.4 is 10.2 Å². The summed E-state index contributed by atoms with van der Waals surface area (Å²) >= 11 is 5.79. The molecule has 7 heteroatoms. The number of piperidine rings is 1. The first-order valence-corrected chi connectivity index (χ1v) is 6.81. The van der Waals surface area contributed by atoms with E-state index >= 15 is 0 Å². The SMILES string of the molecule is O=[N+]([O-])c1cc(Cl)cnc1N1CC2CCCNC2C1. The predicted molar refractivity (Wildman–Crippen MR) is 72.6 cm³/mol. The van der Waals surface area contributed by atoms with Crippen LogP contribution in [-0.2, 0) is 0 Å². The standard InChI is InChI=1S/C12H15ClN4O2/c13-9-4-11(17(18)19)12(15-5-9)16-6-8-2-1-3-14-10(8)7-16/h4-5,8,10,14H,1-3,6-7H2. The van der Waals surface area contributed by atoms with Crippen molar-refractivity contribution in [3.63, 3.8) is 0 Å². The molecule has 0 amide bonds. The Morgan fingerprint density at radius 2 is 2.37 bits per heavy atom. The molecule has 0 spiro atoms. The second-order valence-electron chi connectivity index (χ2n) is 5.12. The summed E-state index contributed by atoms with van der Waals surface area (Å²) in [4.78, 5) is 16.9. The molecular formula is C12H15ClN4O2. The molecule has 1 aromatic rings. The number of nitrogens with zero attached hydrogens (tertiary/aromatic N) is 3. The van der Waals surface area contributed by atoms with Gasteiger partial charge in [-0.2, -0.15) is 0 Å². The fourth-order valence-electron chi connectivity index (χ4n) is 3.02. The van der Waals surface area contributed by atoms with Crippen LogP contribution in [0.4, 0.5) is 11.5 Å².